The molecule has 2 aliphatic heterocycles. The number of benzene rings is 1. The topological polar surface area (TPSA) is 80.3 Å². The van der Waals surface area contributed by atoms with Crippen molar-refractivity contribution in [2.75, 3.05) is 60.6 Å². The highest BCUT2D eigenvalue weighted by atomic mass is 16.5. The lowest BCUT2D eigenvalue weighted by Gasteiger charge is -2.32. The Morgan fingerprint density at radius 3 is 2.26 bits per heavy atom. The first kappa shape index (κ1) is 26.1. The average Bonchev–Trinajstić information content (AvgIpc) is 2.85. The number of nitrogens with one attached hydrogen (secondary N) is 1. The number of carbonyl (C=O) groups excluding carboxylic acids is 2. The van der Waals surface area contributed by atoms with E-state index >= 15 is 0 Å². The molecule has 1 N–H and O–H groups in total. The fraction of sp³-hybridized carbons (Fsp3) is 0.692. The SMILES string of the molecule is COc1cc(C(=O)N2CCC(CC(=O)NCCCN3CCCC(C)C3)CC2)cc(OC)c1OC. The number of amides is 2. The molecular weight excluding hydrogens is 434 g/mol. The van der Waals surface area contributed by atoms with Crippen LogP contribution in [-0.4, -0.2) is 82.2 Å². The highest BCUT2D eigenvalue weighted by Gasteiger charge is 2.27. The van der Waals surface area contributed by atoms with E-state index in [1.54, 1.807) is 12.1 Å². The van der Waals surface area contributed by atoms with Crippen molar-refractivity contribution in [3.05, 3.63) is 17.7 Å². The Hall–Kier alpha value is -2.48. The maximum absolute atomic E-state index is 13.1. The molecule has 0 radical (unpaired) electrons. The van der Waals surface area contributed by atoms with E-state index in [-0.39, 0.29) is 11.8 Å². The van der Waals surface area contributed by atoms with E-state index in [1.807, 2.05) is 4.90 Å². The molecule has 3 rings (SSSR count). The molecule has 1 unspecified atom stereocenters. The molecule has 1 atom stereocenters. The van der Waals surface area contributed by atoms with Crippen molar-refractivity contribution < 1.29 is 23.8 Å². The Bertz CT molecular complexity index is 798. The fourth-order valence-electron chi connectivity index (χ4n) is 5.08. The molecule has 2 aliphatic rings. The minimum Gasteiger partial charge on any atom is -0.493 e. The minimum absolute atomic E-state index is 0.0609. The summed E-state index contributed by atoms with van der Waals surface area (Å²) in [6.07, 6.45) is 5.81. The number of hydrogen-bond acceptors (Lipinski definition) is 6. The molecule has 2 saturated heterocycles. The first-order valence-corrected chi connectivity index (χ1v) is 12.5. The van der Waals surface area contributed by atoms with Crippen LogP contribution in [0.15, 0.2) is 12.1 Å². The normalized spacial score (nSPS) is 19.5. The molecular formula is C26H41N3O5. The van der Waals surface area contributed by atoms with Crippen LogP contribution in [0.3, 0.4) is 0 Å². The van der Waals surface area contributed by atoms with E-state index in [0.717, 1.165) is 38.3 Å². The van der Waals surface area contributed by atoms with Crippen LogP contribution in [-0.2, 0) is 4.79 Å². The summed E-state index contributed by atoms with van der Waals surface area (Å²) in [6, 6.07) is 3.38. The number of carbonyl (C=O) groups is 2. The first-order chi connectivity index (χ1) is 16.4. The predicted molar refractivity (Wildman–Crippen MR) is 132 cm³/mol. The van der Waals surface area contributed by atoms with Gasteiger partial charge >= 0.3 is 0 Å². The molecule has 0 spiro atoms. The van der Waals surface area contributed by atoms with Crippen LogP contribution in [0.1, 0.15) is 55.8 Å². The third-order valence-corrected chi connectivity index (χ3v) is 7.00. The van der Waals surface area contributed by atoms with Gasteiger partial charge in [0.05, 0.1) is 21.3 Å². The van der Waals surface area contributed by atoms with Gasteiger partial charge in [-0.2, -0.15) is 0 Å². The number of nitrogens with zero attached hydrogens (tertiary/aromatic N) is 2. The summed E-state index contributed by atoms with van der Waals surface area (Å²) in [5, 5.41) is 3.09. The second kappa shape index (κ2) is 12.8. The zero-order valence-corrected chi connectivity index (χ0v) is 21.2. The van der Waals surface area contributed by atoms with Crippen molar-refractivity contribution in [1.82, 2.24) is 15.1 Å². The molecule has 2 amide bonds. The summed E-state index contributed by atoms with van der Waals surface area (Å²) in [4.78, 5) is 29.8. The van der Waals surface area contributed by atoms with Crippen molar-refractivity contribution in [3.63, 3.8) is 0 Å². The third kappa shape index (κ3) is 7.01. The van der Waals surface area contributed by atoms with E-state index in [9.17, 15) is 9.59 Å². The maximum atomic E-state index is 13.1. The summed E-state index contributed by atoms with van der Waals surface area (Å²) >= 11 is 0. The number of hydrogen-bond donors (Lipinski definition) is 1. The number of piperidine rings is 2. The monoisotopic (exact) mass is 475 g/mol. The van der Waals surface area contributed by atoms with Gasteiger partial charge in [-0.25, -0.2) is 0 Å². The van der Waals surface area contributed by atoms with Gasteiger partial charge in [-0.3, -0.25) is 9.59 Å². The summed E-state index contributed by atoms with van der Waals surface area (Å²) in [5.74, 6) is 2.56. The molecule has 2 heterocycles. The second-order valence-corrected chi connectivity index (χ2v) is 9.61. The third-order valence-electron chi connectivity index (χ3n) is 7.00. The van der Waals surface area contributed by atoms with Gasteiger partial charge in [0.25, 0.3) is 5.91 Å². The van der Waals surface area contributed by atoms with Gasteiger partial charge in [-0.05, 0) is 69.2 Å². The van der Waals surface area contributed by atoms with Crippen LogP contribution >= 0.6 is 0 Å². The van der Waals surface area contributed by atoms with Gasteiger partial charge in [0.2, 0.25) is 11.7 Å². The van der Waals surface area contributed by atoms with E-state index in [0.29, 0.717) is 48.2 Å². The molecule has 190 valence electrons. The van der Waals surface area contributed by atoms with E-state index in [4.69, 9.17) is 14.2 Å². The van der Waals surface area contributed by atoms with Crippen molar-refractivity contribution >= 4 is 11.8 Å². The van der Waals surface area contributed by atoms with Gasteiger partial charge in [0.1, 0.15) is 0 Å². The van der Waals surface area contributed by atoms with E-state index in [2.05, 4.69) is 17.1 Å². The largest absolute Gasteiger partial charge is 0.493 e. The highest BCUT2D eigenvalue weighted by molar-refractivity contribution is 5.95. The molecule has 34 heavy (non-hydrogen) atoms. The molecule has 0 saturated carbocycles. The standard InChI is InChI=1S/C26H41N3O5/c1-19-7-5-11-28(18-19)12-6-10-27-24(30)15-20-8-13-29(14-9-20)26(31)21-16-22(32-2)25(34-4)23(17-21)33-3/h16-17,19-20H,5-15,18H2,1-4H3,(H,27,30). The number of ether oxygens (including phenoxy) is 3. The van der Waals surface area contributed by atoms with Crippen LogP contribution in [0.5, 0.6) is 17.2 Å². The number of methoxy groups -OCH3 is 3. The quantitative estimate of drug-likeness (QED) is 0.524. The lowest BCUT2D eigenvalue weighted by molar-refractivity contribution is -0.122. The van der Waals surface area contributed by atoms with E-state index in [1.165, 1.54) is 47.3 Å². The molecule has 1 aromatic rings. The summed E-state index contributed by atoms with van der Waals surface area (Å²) < 4.78 is 16.1. The van der Waals surface area contributed by atoms with Gasteiger partial charge in [0.15, 0.2) is 11.5 Å². The van der Waals surface area contributed by atoms with Gasteiger partial charge in [-0.15, -0.1) is 0 Å². The number of rotatable bonds is 10. The summed E-state index contributed by atoms with van der Waals surface area (Å²) in [5.41, 5.74) is 0.508. The van der Waals surface area contributed by atoms with Crippen LogP contribution in [0.25, 0.3) is 0 Å². The Morgan fingerprint density at radius 2 is 1.68 bits per heavy atom. The molecule has 1 aromatic carbocycles. The summed E-state index contributed by atoms with van der Waals surface area (Å²) in [7, 11) is 4.62. The fourth-order valence-corrected chi connectivity index (χ4v) is 5.08. The zero-order chi connectivity index (χ0) is 24.5. The van der Waals surface area contributed by atoms with Crippen LogP contribution in [0.2, 0.25) is 0 Å². The zero-order valence-electron chi connectivity index (χ0n) is 21.2. The van der Waals surface area contributed by atoms with Crippen LogP contribution in [0, 0.1) is 11.8 Å². The molecule has 0 bridgehead atoms. The molecule has 8 nitrogen and oxygen atoms in total. The molecule has 0 aliphatic carbocycles. The minimum atomic E-state index is -0.0609. The Kier molecular flexibility index (Phi) is 9.86. The van der Waals surface area contributed by atoms with Crippen molar-refractivity contribution in [2.45, 2.75) is 45.4 Å². The Labute approximate surface area is 203 Å². The van der Waals surface area contributed by atoms with Crippen molar-refractivity contribution in [3.8, 4) is 17.2 Å². The van der Waals surface area contributed by atoms with Crippen LogP contribution in [0.4, 0.5) is 0 Å². The van der Waals surface area contributed by atoms with Gasteiger partial charge < -0.3 is 29.3 Å². The van der Waals surface area contributed by atoms with Crippen LogP contribution < -0.4 is 19.5 Å². The lowest BCUT2D eigenvalue weighted by atomic mass is 9.92. The van der Waals surface area contributed by atoms with Gasteiger partial charge in [0, 0.05) is 38.2 Å². The van der Waals surface area contributed by atoms with Crippen molar-refractivity contribution in [1.29, 1.82) is 0 Å². The smallest absolute Gasteiger partial charge is 0.254 e. The average molecular weight is 476 g/mol. The summed E-state index contributed by atoms with van der Waals surface area (Å²) in [6.45, 7) is 7.76. The van der Waals surface area contributed by atoms with Crippen molar-refractivity contribution in [2.24, 2.45) is 11.8 Å². The lowest BCUT2D eigenvalue weighted by Crippen LogP contribution is -2.40. The Morgan fingerprint density at radius 1 is 1.00 bits per heavy atom. The molecule has 8 heteroatoms. The molecule has 2 fully saturated rings. The Balaban J connectivity index is 1.41. The van der Waals surface area contributed by atoms with Gasteiger partial charge in [-0.1, -0.05) is 6.92 Å². The second-order valence-electron chi connectivity index (χ2n) is 9.61. The molecule has 0 aromatic heterocycles. The van der Waals surface area contributed by atoms with E-state index < -0.39 is 0 Å². The number of likely N-dealkylation sites (tertiary alicyclic amines) is 2. The maximum Gasteiger partial charge on any atom is 0.254 e. The first-order valence-electron chi connectivity index (χ1n) is 12.5. The highest BCUT2D eigenvalue weighted by Crippen LogP contribution is 2.38. The predicted octanol–water partition coefficient (Wildman–Crippen LogP) is 3.19.